The first kappa shape index (κ1) is 12.4. The molecule has 94 valence electrons. The SMILES string of the molecule is O=[N+]([O-])c1nn(Cc2cccc(F)c2F)cc1Cl. The Kier molecular flexibility index (Phi) is 3.24. The fraction of sp³-hybridized carbons (Fsp3) is 0.100. The second-order valence-corrected chi connectivity index (χ2v) is 3.88. The van der Waals surface area contributed by atoms with Crippen molar-refractivity contribution in [1.29, 1.82) is 0 Å². The van der Waals surface area contributed by atoms with Gasteiger partial charge in [0.15, 0.2) is 16.7 Å². The highest BCUT2D eigenvalue weighted by molar-refractivity contribution is 6.32. The quantitative estimate of drug-likeness (QED) is 0.638. The van der Waals surface area contributed by atoms with Crippen LogP contribution in [-0.4, -0.2) is 14.7 Å². The number of nitro groups is 1. The summed E-state index contributed by atoms with van der Waals surface area (Å²) >= 11 is 5.58. The maximum atomic E-state index is 13.4. The van der Waals surface area contributed by atoms with Crippen LogP contribution in [0.1, 0.15) is 5.56 Å². The van der Waals surface area contributed by atoms with Crippen LogP contribution < -0.4 is 0 Å². The Morgan fingerprint density at radius 2 is 2.17 bits per heavy atom. The number of nitrogens with zero attached hydrogens (tertiary/aromatic N) is 3. The molecule has 0 fully saturated rings. The number of rotatable bonds is 3. The smallest absolute Gasteiger partial charge is 0.358 e. The van der Waals surface area contributed by atoms with E-state index in [1.807, 2.05) is 0 Å². The third-order valence-corrected chi connectivity index (χ3v) is 2.50. The first-order valence-electron chi connectivity index (χ1n) is 4.79. The van der Waals surface area contributed by atoms with Gasteiger partial charge in [-0.2, -0.15) is 4.68 Å². The monoisotopic (exact) mass is 273 g/mol. The summed E-state index contributed by atoms with van der Waals surface area (Å²) in [5, 5.41) is 13.9. The summed E-state index contributed by atoms with van der Waals surface area (Å²) in [5.41, 5.74) is 0.0315. The largest absolute Gasteiger partial charge is 0.408 e. The van der Waals surface area contributed by atoms with Crippen molar-refractivity contribution in [2.24, 2.45) is 0 Å². The lowest BCUT2D eigenvalue weighted by Gasteiger charge is -2.01. The number of benzene rings is 1. The fourth-order valence-corrected chi connectivity index (χ4v) is 1.66. The molecule has 0 saturated carbocycles. The van der Waals surface area contributed by atoms with E-state index >= 15 is 0 Å². The van der Waals surface area contributed by atoms with Crippen molar-refractivity contribution < 1.29 is 13.7 Å². The third-order valence-electron chi connectivity index (χ3n) is 2.24. The van der Waals surface area contributed by atoms with Gasteiger partial charge >= 0.3 is 5.82 Å². The topological polar surface area (TPSA) is 61.0 Å². The van der Waals surface area contributed by atoms with E-state index in [1.165, 1.54) is 18.3 Å². The molecule has 0 spiro atoms. The van der Waals surface area contributed by atoms with Crippen molar-refractivity contribution in [2.75, 3.05) is 0 Å². The summed E-state index contributed by atoms with van der Waals surface area (Å²) in [7, 11) is 0. The molecule has 0 aliphatic rings. The van der Waals surface area contributed by atoms with E-state index in [0.717, 1.165) is 10.7 Å². The van der Waals surface area contributed by atoms with Crippen molar-refractivity contribution in [3.8, 4) is 0 Å². The van der Waals surface area contributed by atoms with Crippen LogP contribution in [0.25, 0.3) is 0 Å². The predicted molar refractivity (Wildman–Crippen MR) is 59.4 cm³/mol. The van der Waals surface area contributed by atoms with Crippen LogP contribution in [0.4, 0.5) is 14.6 Å². The lowest BCUT2D eigenvalue weighted by molar-refractivity contribution is -0.389. The zero-order valence-electron chi connectivity index (χ0n) is 8.81. The molecule has 1 aromatic heterocycles. The maximum Gasteiger partial charge on any atom is 0.408 e. The molecule has 0 N–H and O–H groups in total. The van der Waals surface area contributed by atoms with Gasteiger partial charge in [0.25, 0.3) is 0 Å². The molecule has 0 bridgehead atoms. The van der Waals surface area contributed by atoms with E-state index in [-0.39, 0.29) is 17.1 Å². The van der Waals surface area contributed by atoms with E-state index in [0.29, 0.717) is 0 Å². The minimum Gasteiger partial charge on any atom is -0.358 e. The Labute approximate surface area is 105 Å². The van der Waals surface area contributed by atoms with Crippen LogP contribution >= 0.6 is 11.6 Å². The molecule has 5 nitrogen and oxygen atoms in total. The highest BCUT2D eigenvalue weighted by atomic mass is 35.5. The number of hydrogen-bond donors (Lipinski definition) is 0. The summed E-state index contributed by atoms with van der Waals surface area (Å²) in [4.78, 5) is 9.77. The van der Waals surface area contributed by atoms with Gasteiger partial charge in [-0.1, -0.05) is 23.7 Å². The molecule has 1 aromatic carbocycles. The molecule has 0 saturated heterocycles. The normalized spacial score (nSPS) is 10.6. The van der Waals surface area contributed by atoms with Crippen LogP contribution in [0.2, 0.25) is 5.02 Å². The highest BCUT2D eigenvalue weighted by Crippen LogP contribution is 2.22. The van der Waals surface area contributed by atoms with Gasteiger partial charge in [-0.05, 0) is 11.0 Å². The van der Waals surface area contributed by atoms with Crippen LogP contribution in [0.15, 0.2) is 24.4 Å². The minimum atomic E-state index is -1.01. The molecule has 0 radical (unpaired) electrons. The predicted octanol–water partition coefficient (Wildman–Crippen LogP) is 2.77. The molecule has 0 aliphatic carbocycles. The van der Waals surface area contributed by atoms with Crippen molar-refractivity contribution in [3.63, 3.8) is 0 Å². The van der Waals surface area contributed by atoms with Gasteiger partial charge in [0, 0.05) is 5.56 Å². The zero-order chi connectivity index (χ0) is 13.3. The standard InChI is InChI=1S/C10H6ClF2N3O2/c11-7-5-15(14-10(7)16(17)18)4-6-2-1-3-8(12)9(6)13/h1-3,5H,4H2. The fourth-order valence-electron chi connectivity index (χ4n) is 1.44. The van der Waals surface area contributed by atoms with Crippen LogP contribution in [0.5, 0.6) is 0 Å². The number of aromatic nitrogens is 2. The molecule has 18 heavy (non-hydrogen) atoms. The summed E-state index contributed by atoms with van der Waals surface area (Å²) in [6.45, 7) is -0.142. The second kappa shape index (κ2) is 4.69. The number of hydrogen-bond acceptors (Lipinski definition) is 3. The van der Waals surface area contributed by atoms with Crippen molar-refractivity contribution in [2.45, 2.75) is 6.54 Å². The van der Waals surface area contributed by atoms with Gasteiger partial charge in [0.05, 0.1) is 17.8 Å². The summed E-state index contributed by atoms with van der Waals surface area (Å²) in [6, 6.07) is 3.68. The molecular formula is C10H6ClF2N3O2. The van der Waals surface area contributed by atoms with Crippen LogP contribution in [-0.2, 0) is 6.54 Å². The second-order valence-electron chi connectivity index (χ2n) is 3.47. The molecular weight excluding hydrogens is 268 g/mol. The average Bonchev–Trinajstić information content (AvgIpc) is 2.66. The molecule has 2 rings (SSSR count). The maximum absolute atomic E-state index is 13.4. The Bertz CT molecular complexity index is 615. The Morgan fingerprint density at radius 1 is 1.44 bits per heavy atom. The third kappa shape index (κ3) is 2.30. The molecule has 8 heteroatoms. The van der Waals surface area contributed by atoms with Crippen LogP contribution in [0.3, 0.4) is 0 Å². The van der Waals surface area contributed by atoms with Gasteiger partial charge in [0.2, 0.25) is 0 Å². The van der Waals surface area contributed by atoms with Gasteiger partial charge in [-0.15, -0.1) is 0 Å². The summed E-state index contributed by atoms with van der Waals surface area (Å²) < 4.78 is 27.4. The summed E-state index contributed by atoms with van der Waals surface area (Å²) in [5.74, 6) is -2.51. The van der Waals surface area contributed by atoms with E-state index in [9.17, 15) is 18.9 Å². The van der Waals surface area contributed by atoms with Crippen molar-refractivity contribution in [3.05, 3.63) is 56.7 Å². The number of halogens is 3. The highest BCUT2D eigenvalue weighted by Gasteiger charge is 2.20. The van der Waals surface area contributed by atoms with Crippen molar-refractivity contribution in [1.82, 2.24) is 9.78 Å². The molecule has 0 aliphatic heterocycles. The Balaban J connectivity index is 2.32. The van der Waals surface area contributed by atoms with Gasteiger partial charge in [-0.3, -0.25) is 0 Å². The Hall–Kier alpha value is -2.02. The first-order chi connectivity index (χ1) is 8.49. The van der Waals surface area contributed by atoms with E-state index in [2.05, 4.69) is 5.10 Å². The molecule has 0 amide bonds. The molecule has 2 aromatic rings. The summed E-state index contributed by atoms with van der Waals surface area (Å²) in [6.07, 6.45) is 1.18. The Morgan fingerprint density at radius 3 is 2.78 bits per heavy atom. The minimum absolute atomic E-state index is 0.0315. The van der Waals surface area contributed by atoms with Gasteiger partial charge in [-0.25, -0.2) is 8.78 Å². The van der Waals surface area contributed by atoms with E-state index in [1.54, 1.807) is 0 Å². The molecule has 0 unspecified atom stereocenters. The lowest BCUT2D eigenvalue weighted by atomic mass is 10.2. The van der Waals surface area contributed by atoms with Crippen molar-refractivity contribution >= 4 is 17.4 Å². The average molecular weight is 274 g/mol. The molecule has 0 atom stereocenters. The molecule has 1 heterocycles. The lowest BCUT2D eigenvalue weighted by Crippen LogP contribution is -2.04. The van der Waals surface area contributed by atoms with Gasteiger partial charge < -0.3 is 10.1 Å². The van der Waals surface area contributed by atoms with Crippen LogP contribution in [0, 0.1) is 21.7 Å². The van der Waals surface area contributed by atoms with Gasteiger partial charge in [0.1, 0.15) is 0 Å². The van der Waals surface area contributed by atoms with E-state index in [4.69, 9.17) is 11.6 Å². The first-order valence-corrected chi connectivity index (χ1v) is 5.17. The van der Waals surface area contributed by atoms with E-state index < -0.39 is 22.4 Å². The zero-order valence-corrected chi connectivity index (χ0v) is 9.56.